The molecule has 1 atom stereocenters. The number of benzene rings is 2. The van der Waals surface area contributed by atoms with Gasteiger partial charge in [0.1, 0.15) is 5.82 Å². The Morgan fingerprint density at radius 3 is 2.26 bits per heavy atom. The van der Waals surface area contributed by atoms with Crippen LogP contribution in [0.5, 0.6) is 0 Å². The van der Waals surface area contributed by atoms with Crippen molar-refractivity contribution in [3.8, 4) is 0 Å². The molecule has 0 aliphatic carbocycles. The molecule has 0 saturated carbocycles. The van der Waals surface area contributed by atoms with E-state index < -0.39 is 0 Å². The zero-order valence-corrected chi connectivity index (χ0v) is 11.0. The highest BCUT2D eigenvalue weighted by Gasteiger charge is 2.12. The van der Waals surface area contributed by atoms with Crippen LogP contribution in [0.1, 0.15) is 17.2 Å². The van der Waals surface area contributed by atoms with Crippen molar-refractivity contribution in [1.82, 2.24) is 5.32 Å². The van der Waals surface area contributed by atoms with Crippen LogP contribution in [0.25, 0.3) is 0 Å². The summed E-state index contributed by atoms with van der Waals surface area (Å²) in [7, 11) is 1.68. The number of methoxy groups -OCH3 is 1. The molecule has 2 aromatic carbocycles. The van der Waals surface area contributed by atoms with E-state index in [1.165, 1.54) is 12.1 Å². The third-order valence-corrected chi connectivity index (χ3v) is 2.99. The van der Waals surface area contributed by atoms with Gasteiger partial charge in [-0.05, 0) is 23.3 Å². The second-order valence-electron chi connectivity index (χ2n) is 4.34. The van der Waals surface area contributed by atoms with Crippen LogP contribution in [0, 0.1) is 5.82 Å². The average Bonchev–Trinajstić information content (AvgIpc) is 2.46. The lowest BCUT2D eigenvalue weighted by Gasteiger charge is -2.19. The lowest BCUT2D eigenvalue weighted by Crippen LogP contribution is -2.25. The second-order valence-corrected chi connectivity index (χ2v) is 4.34. The first-order valence-electron chi connectivity index (χ1n) is 6.34. The highest BCUT2D eigenvalue weighted by Crippen LogP contribution is 2.21. The molecular weight excluding hydrogens is 241 g/mol. The number of halogens is 1. The standard InChI is InChI=1S/C16H18FNO/c1-19-12-11-18-16(13-5-3-2-4-6-13)14-7-9-15(17)10-8-14/h2-10,16,18H,11-12H2,1H3. The summed E-state index contributed by atoms with van der Waals surface area (Å²) >= 11 is 0. The Hall–Kier alpha value is -1.71. The Morgan fingerprint density at radius 2 is 1.63 bits per heavy atom. The molecule has 0 aliphatic rings. The molecule has 0 aliphatic heterocycles. The minimum Gasteiger partial charge on any atom is -0.383 e. The van der Waals surface area contributed by atoms with Crippen molar-refractivity contribution in [2.45, 2.75) is 6.04 Å². The minimum absolute atomic E-state index is 0.0527. The molecule has 2 aromatic rings. The van der Waals surface area contributed by atoms with Crippen molar-refractivity contribution in [3.05, 3.63) is 71.5 Å². The van der Waals surface area contributed by atoms with Crippen molar-refractivity contribution in [2.24, 2.45) is 0 Å². The van der Waals surface area contributed by atoms with Gasteiger partial charge in [-0.15, -0.1) is 0 Å². The molecular formula is C16H18FNO. The normalized spacial score (nSPS) is 12.3. The molecule has 2 rings (SSSR count). The fraction of sp³-hybridized carbons (Fsp3) is 0.250. The number of rotatable bonds is 6. The molecule has 0 amide bonds. The van der Waals surface area contributed by atoms with Crippen LogP contribution >= 0.6 is 0 Å². The van der Waals surface area contributed by atoms with E-state index in [-0.39, 0.29) is 11.9 Å². The summed E-state index contributed by atoms with van der Waals surface area (Å²) in [6.45, 7) is 1.39. The van der Waals surface area contributed by atoms with Crippen LogP contribution in [0.4, 0.5) is 4.39 Å². The van der Waals surface area contributed by atoms with E-state index in [0.29, 0.717) is 6.61 Å². The predicted octanol–water partition coefficient (Wildman–Crippen LogP) is 3.15. The maximum Gasteiger partial charge on any atom is 0.123 e. The first-order valence-corrected chi connectivity index (χ1v) is 6.34. The monoisotopic (exact) mass is 259 g/mol. The van der Waals surface area contributed by atoms with Crippen molar-refractivity contribution in [2.75, 3.05) is 20.3 Å². The van der Waals surface area contributed by atoms with Crippen LogP contribution in [0.15, 0.2) is 54.6 Å². The Bertz CT molecular complexity index is 484. The van der Waals surface area contributed by atoms with E-state index >= 15 is 0 Å². The van der Waals surface area contributed by atoms with Gasteiger partial charge in [0.2, 0.25) is 0 Å². The summed E-state index contributed by atoms with van der Waals surface area (Å²) in [5, 5.41) is 3.43. The molecule has 1 unspecified atom stereocenters. The first kappa shape index (κ1) is 13.7. The predicted molar refractivity (Wildman–Crippen MR) is 74.6 cm³/mol. The number of hydrogen-bond acceptors (Lipinski definition) is 2. The summed E-state index contributed by atoms with van der Waals surface area (Å²) < 4.78 is 18.1. The molecule has 2 nitrogen and oxygen atoms in total. The molecule has 0 saturated heterocycles. The van der Waals surface area contributed by atoms with Crippen LogP contribution in [-0.4, -0.2) is 20.3 Å². The maximum absolute atomic E-state index is 13.0. The van der Waals surface area contributed by atoms with E-state index in [0.717, 1.165) is 17.7 Å². The van der Waals surface area contributed by atoms with Gasteiger partial charge in [0.15, 0.2) is 0 Å². The van der Waals surface area contributed by atoms with Crippen molar-refractivity contribution in [3.63, 3.8) is 0 Å². The number of hydrogen-bond donors (Lipinski definition) is 1. The summed E-state index contributed by atoms with van der Waals surface area (Å²) in [6, 6.07) is 16.8. The van der Waals surface area contributed by atoms with Gasteiger partial charge < -0.3 is 10.1 Å². The minimum atomic E-state index is -0.215. The third-order valence-electron chi connectivity index (χ3n) is 2.99. The highest BCUT2D eigenvalue weighted by atomic mass is 19.1. The van der Waals surface area contributed by atoms with Gasteiger partial charge >= 0.3 is 0 Å². The SMILES string of the molecule is COCCNC(c1ccccc1)c1ccc(F)cc1. The highest BCUT2D eigenvalue weighted by molar-refractivity contribution is 5.31. The van der Waals surface area contributed by atoms with E-state index in [1.54, 1.807) is 7.11 Å². The van der Waals surface area contributed by atoms with Gasteiger partial charge in [0.25, 0.3) is 0 Å². The van der Waals surface area contributed by atoms with E-state index in [9.17, 15) is 4.39 Å². The molecule has 0 bridgehead atoms. The first-order chi connectivity index (χ1) is 9.31. The quantitative estimate of drug-likeness (QED) is 0.805. The van der Waals surface area contributed by atoms with Gasteiger partial charge in [0, 0.05) is 13.7 Å². The van der Waals surface area contributed by atoms with Crippen molar-refractivity contribution < 1.29 is 9.13 Å². The molecule has 100 valence electrons. The lowest BCUT2D eigenvalue weighted by atomic mass is 9.99. The Labute approximate surface area is 113 Å². The summed E-state index contributed by atoms with van der Waals surface area (Å²) in [4.78, 5) is 0. The Balaban J connectivity index is 2.21. The largest absolute Gasteiger partial charge is 0.383 e. The molecule has 1 N–H and O–H groups in total. The van der Waals surface area contributed by atoms with Crippen molar-refractivity contribution in [1.29, 1.82) is 0 Å². The zero-order valence-electron chi connectivity index (χ0n) is 11.0. The molecule has 0 fully saturated rings. The molecule has 0 aromatic heterocycles. The van der Waals surface area contributed by atoms with E-state index in [1.807, 2.05) is 30.3 Å². The fourth-order valence-corrected chi connectivity index (χ4v) is 2.03. The Morgan fingerprint density at radius 1 is 1.00 bits per heavy atom. The summed E-state index contributed by atoms with van der Waals surface area (Å²) in [5.41, 5.74) is 2.20. The smallest absolute Gasteiger partial charge is 0.123 e. The zero-order chi connectivity index (χ0) is 13.5. The summed E-state index contributed by atoms with van der Waals surface area (Å²) in [5.74, 6) is -0.215. The molecule has 0 spiro atoms. The lowest BCUT2D eigenvalue weighted by molar-refractivity contribution is 0.197. The van der Waals surface area contributed by atoms with E-state index in [2.05, 4.69) is 17.4 Å². The van der Waals surface area contributed by atoms with Crippen molar-refractivity contribution >= 4 is 0 Å². The fourth-order valence-electron chi connectivity index (χ4n) is 2.03. The maximum atomic E-state index is 13.0. The molecule has 0 radical (unpaired) electrons. The third kappa shape index (κ3) is 3.88. The number of ether oxygens (including phenoxy) is 1. The van der Waals surface area contributed by atoms with Crippen LogP contribution in [0.3, 0.4) is 0 Å². The van der Waals surface area contributed by atoms with Crippen LogP contribution in [-0.2, 0) is 4.74 Å². The van der Waals surface area contributed by atoms with Gasteiger partial charge in [-0.2, -0.15) is 0 Å². The van der Waals surface area contributed by atoms with Crippen LogP contribution < -0.4 is 5.32 Å². The average molecular weight is 259 g/mol. The van der Waals surface area contributed by atoms with Gasteiger partial charge in [-0.1, -0.05) is 42.5 Å². The summed E-state index contributed by atoms with van der Waals surface area (Å²) in [6.07, 6.45) is 0. The molecule has 19 heavy (non-hydrogen) atoms. The number of nitrogens with one attached hydrogen (secondary N) is 1. The van der Waals surface area contributed by atoms with Gasteiger partial charge in [0.05, 0.1) is 12.6 Å². The Kier molecular flexibility index (Phi) is 5.07. The van der Waals surface area contributed by atoms with Gasteiger partial charge in [-0.3, -0.25) is 0 Å². The van der Waals surface area contributed by atoms with Crippen LogP contribution in [0.2, 0.25) is 0 Å². The molecule has 0 heterocycles. The topological polar surface area (TPSA) is 21.3 Å². The second kappa shape index (κ2) is 7.02. The molecule has 3 heteroatoms. The van der Waals surface area contributed by atoms with Gasteiger partial charge in [-0.25, -0.2) is 4.39 Å². The van der Waals surface area contributed by atoms with E-state index in [4.69, 9.17) is 4.74 Å².